The summed E-state index contributed by atoms with van der Waals surface area (Å²) in [6.45, 7) is 1.06. The molecule has 64 valence electrons. The van der Waals surface area contributed by atoms with E-state index in [9.17, 15) is 9.18 Å². The van der Waals surface area contributed by atoms with Gasteiger partial charge in [-0.25, -0.2) is 9.18 Å². The Balaban J connectivity index is 3.20. The number of halogens is 1. The number of carbonyl (C=O) groups is 1. The van der Waals surface area contributed by atoms with Gasteiger partial charge in [0, 0.05) is 0 Å². The van der Waals surface area contributed by atoms with Crippen molar-refractivity contribution in [2.45, 2.75) is 13.6 Å². The molecule has 0 aromatic heterocycles. The Morgan fingerprint density at radius 2 is 2.25 bits per heavy atom. The zero-order chi connectivity index (χ0) is 9.14. The first-order valence-electron chi connectivity index (χ1n) is 3.54. The molecule has 1 aromatic rings. The van der Waals surface area contributed by atoms with Gasteiger partial charge in [0.1, 0.15) is 6.67 Å². The van der Waals surface area contributed by atoms with Gasteiger partial charge >= 0.3 is 5.97 Å². The van der Waals surface area contributed by atoms with Crippen LogP contribution in [-0.2, 0) is 6.67 Å². The highest BCUT2D eigenvalue weighted by Gasteiger charge is 2.08. The second-order valence-corrected chi connectivity index (χ2v) is 2.60. The Morgan fingerprint density at radius 1 is 1.58 bits per heavy atom. The minimum atomic E-state index is -1.08. The molecule has 0 aliphatic heterocycles. The molecule has 0 heterocycles. The molecule has 0 radical (unpaired) electrons. The Kier molecular flexibility index (Phi) is 2.43. The van der Waals surface area contributed by atoms with Crippen molar-refractivity contribution in [1.82, 2.24) is 0 Å². The van der Waals surface area contributed by atoms with Crippen LogP contribution < -0.4 is 0 Å². The first kappa shape index (κ1) is 8.71. The summed E-state index contributed by atoms with van der Waals surface area (Å²) in [7, 11) is 0. The molecule has 1 aromatic carbocycles. The van der Waals surface area contributed by atoms with Gasteiger partial charge in [0.15, 0.2) is 0 Å². The van der Waals surface area contributed by atoms with E-state index in [0.29, 0.717) is 0 Å². The van der Waals surface area contributed by atoms with Gasteiger partial charge in [-0.2, -0.15) is 0 Å². The van der Waals surface area contributed by atoms with Crippen LogP contribution >= 0.6 is 0 Å². The van der Waals surface area contributed by atoms with Crippen molar-refractivity contribution < 1.29 is 14.3 Å². The van der Waals surface area contributed by atoms with Crippen molar-refractivity contribution in [2.75, 3.05) is 0 Å². The van der Waals surface area contributed by atoms with Crippen LogP contribution in [0.2, 0.25) is 0 Å². The third-order valence-electron chi connectivity index (χ3n) is 1.64. The van der Waals surface area contributed by atoms with E-state index in [-0.39, 0.29) is 11.1 Å². The molecule has 1 rings (SSSR count). The molecule has 3 heteroatoms. The van der Waals surface area contributed by atoms with Crippen molar-refractivity contribution in [3.05, 3.63) is 34.9 Å². The van der Waals surface area contributed by atoms with Gasteiger partial charge in [0.05, 0.1) is 5.56 Å². The minimum Gasteiger partial charge on any atom is -0.478 e. The number of hydrogen-bond acceptors (Lipinski definition) is 1. The fourth-order valence-corrected chi connectivity index (χ4v) is 1.04. The fraction of sp³-hybridized carbons (Fsp3) is 0.222. The number of aryl methyl sites for hydroxylation is 1. The summed E-state index contributed by atoms with van der Waals surface area (Å²) in [5.74, 6) is -1.08. The molecule has 1 N–H and O–H groups in total. The van der Waals surface area contributed by atoms with Gasteiger partial charge in [0.25, 0.3) is 0 Å². The van der Waals surface area contributed by atoms with Gasteiger partial charge in [-0.1, -0.05) is 17.7 Å². The SMILES string of the molecule is Cc1ccc(C(=O)O)c(CF)c1. The highest BCUT2D eigenvalue weighted by atomic mass is 19.1. The van der Waals surface area contributed by atoms with Gasteiger partial charge in [-0.05, 0) is 18.6 Å². The van der Waals surface area contributed by atoms with E-state index in [1.807, 2.05) is 0 Å². The van der Waals surface area contributed by atoms with Crippen molar-refractivity contribution in [3.63, 3.8) is 0 Å². The maximum atomic E-state index is 12.3. The molecule has 0 fully saturated rings. The molecule has 12 heavy (non-hydrogen) atoms. The summed E-state index contributed by atoms with van der Waals surface area (Å²) < 4.78 is 12.3. The smallest absolute Gasteiger partial charge is 0.336 e. The molecule has 0 saturated heterocycles. The molecule has 0 unspecified atom stereocenters. The average molecular weight is 168 g/mol. The molecule has 0 aliphatic rings. The van der Waals surface area contributed by atoms with Crippen LogP contribution in [0.1, 0.15) is 21.5 Å². The van der Waals surface area contributed by atoms with E-state index in [4.69, 9.17) is 5.11 Å². The average Bonchev–Trinajstić information content (AvgIpc) is 2.03. The number of benzene rings is 1. The van der Waals surface area contributed by atoms with Crippen molar-refractivity contribution in [2.24, 2.45) is 0 Å². The fourth-order valence-electron chi connectivity index (χ4n) is 1.04. The molecular weight excluding hydrogens is 159 g/mol. The summed E-state index contributed by atoms with van der Waals surface area (Å²) in [5.41, 5.74) is 1.15. The number of rotatable bonds is 2. The Hall–Kier alpha value is -1.38. The number of hydrogen-bond donors (Lipinski definition) is 1. The standard InChI is InChI=1S/C9H9FO2/c1-6-2-3-8(9(11)12)7(4-6)5-10/h2-4H,5H2,1H3,(H,11,12). The van der Waals surface area contributed by atoms with Gasteiger partial charge in [0.2, 0.25) is 0 Å². The summed E-state index contributed by atoms with van der Waals surface area (Å²) in [5, 5.41) is 8.62. The Labute approximate surface area is 69.6 Å². The van der Waals surface area contributed by atoms with Crippen LogP contribution in [0.4, 0.5) is 4.39 Å². The molecule has 2 nitrogen and oxygen atoms in total. The van der Waals surface area contributed by atoms with Gasteiger partial charge in [-0.3, -0.25) is 0 Å². The quantitative estimate of drug-likeness (QED) is 0.734. The molecule has 0 atom stereocenters. The van der Waals surface area contributed by atoms with E-state index in [1.54, 1.807) is 19.1 Å². The van der Waals surface area contributed by atoms with Crippen LogP contribution in [0.5, 0.6) is 0 Å². The van der Waals surface area contributed by atoms with Gasteiger partial charge in [-0.15, -0.1) is 0 Å². The lowest BCUT2D eigenvalue weighted by Crippen LogP contribution is -2.01. The number of carboxylic acids is 1. The van der Waals surface area contributed by atoms with Crippen LogP contribution in [0.15, 0.2) is 18.2 Å². The first-order chi connectivity index (χ1) is 5.65. The normalized spacial score (nSPS) is 9.83. The molecule has 0 bridgehead atoms. The molecule has 0 amide bonds. The summed E-state index contributed by atoms with van der Waals surface area (Å²) >= 11 is 0. The zero-order valence-electron chi connectivity index (χ0n) is 6.67. The summed E-state index contributed by atoms with van der Waals surface area (Å²) in [6.07, 6.45) is 0. The van der Waals surface area contributed by atoms with E-state index < -0.39 is 12.6 Å². The molecule has 0 spiro atoms. The van der Waals surface area contributed by atoms with Crippen molar-refractivity contribution in [1.29, 1.82) is 0 Å². The number of carboxylic acid groups (broad SMARTS) is 1. The predicted molar refractivity (Wildman–Crippen MR) is 43.0 cm³/mol. The summed E-state index contributed by atoms with van der Waals surface area (Å²) in [4.78, 5) is 10.5. The minimum absolute atomic E-state index is 0.0445. The maximum absolute atomic E-state index is 12.3. The maximum Gasteiger partial charge on any atom is 0.336 e. The van der Waals surface area contributed by atoms with E-state index in [2.05, 4.69) is 0 Å². The zero-order valence-corrected chi connectivity index (χ0v) is 6.67. The van der Waals surface area contributed by atoms with Crippen molar-refractivity contribution >= 4 is 5.97 Å². The van der Waals surface area contributed by atoms with E-state index in [1.165, 1.54) is 6.07 Å². The Bertz CT molecular complexity index is 307. The van der Waals surface area contributed by atoms with Crippen LogP contribution in [0.3, 0.4) is 0 Å². The number of aromatic carboxylic acids is 1. The highest BCUT2D eigenvalue weighted by molar-refractivity contribution is 5.89. The van der Waals surface area contributed by atoms with E-state index >= 15 is 0 Å². The second-order valence-electron chi connectivity index (χ2n) is 2.60. The predicted octanol–water partition coefficient (Wildman–Crippen LogP) is 2.16. The van der Waals surface area contributed by atoms with Crippen LogP contribution in [0.25, 0.3) is 0 Å². The lowest BCUT2D eigenvalue weighted by atomic mass is 10.1. The monoisotopic (exact) mass is 168 g/mol. The molecular formula is C9H9FO2. The lowest BCUT2D eigenvalue weighted by Gasteiger charge is -2.01. The highest BCUT2D eigenvalue weighted by Crippen LogP contribution is 2.12. The first-order valence-corrected chi connectivity index (χ1v) is 3.54. The molecule has 0 saturated carbocycles. The largest absolute Gasteiger partial charge is 0.478 e. The van der Waals surface area contributed by atoms with Crippen LogP contribution in [-0.4, -0.2) is 11.1 Å². The topological polar surface area (TPSA) is 37.3 Å². The second kappa shape index (κ2) is 3.34. The van der Waals surface area contributed by atoms with Gasteiger partial charge < -0.3 is 5.11 Å². The van der Waals surface area contributed by atoms with E-state index in [0.717, 1.165) is 5.56 Å². The van der Waals surface area contributed by atoms with Crippen molar-refractivity contribution in [3.8, 4) is 0 Å². The number of alkyl halides is 1. The summed E-state index contributed by atoms with van der Waals surface area (Å²) in [6, 6.07) is 4.62. The third kappa shape index (κ3) is 1.61. The lowest BCUT2D eigenvalue weighted by molar-refractivity contribution is 0.0695. The third-order valence-corrected chi connectivity index (χ3v) is 1.64. The Morgan fingerprint density at radius 3 is 2.75 bits per heavy atom. The molecule has 0 aliphatic carbocycles. The van der Waals surface area contributed by atoms with Crippen LogP contribution in [0, 0.1) is 6.92 Å².